The number of ether oxygens (including phenoxy) is 1. The number of carbonyl (C=O) groups excluding carboxylic acids is 1. The number of nitrogens with one attached hydrogen (secondary N) is 1. The summed E-state index contributed by atoms with van der Waals surface area (Å²) in [5, 5.41) is 2.50. The van der Waals surface area contributed by atoms with Gasteiger partial charge >= 0.3 is 6.03 Å². The van der Waals surface area contributed by atoms with E-state index in [1.165, 1.54) is 6.07 Å². The lowest BCUT2D eigenvalue weighted by atomic mass is 10.1. The lowest BCUT2D eigenvalue weighted by molar-refractivity contribution is 0.213. The molecule has 148 valence electrons. The fraction of sp³-hybridized carbons (Fsp3) is 0.174. The van der Waals surface area contributed by atoms with Crippen molar-refractivity contribution in [2.75, 3.05) is 17.6 Å². The molecular weight excluding hydrogens is 387 g/mol. The third-order valence-electron chi connectivity index (χ3n) is 4.69. The Labute approximate surface area is 173 Å². The normalized spacial score (nSPS) is 15.9. The van der Waals surface area contributed by atoms with Crippen molar-refractivity contribution < 1.29 is 13.9 Å². The van der Waals surface area contributed by atoms with Crippen molar-refractivity contribution in [3.05, 3.63) is 95.8 Å². The van der Waals surface area contributed by atoms with Crippen molar-refractivity contribution >= 4 is 23.5 Å². The second-order valence-corrected chi connectivity index (χ2v) is 7.83. The minimum Gasteiger partial charge on any atom is -0.489 e. The first-order chi connectivity index (χ1) is 14.2. The first-order valence-electron chi connectivity index (χ1n) is 9.42. The van der Waals surface area contributed by atoms with Gasteiger partial charge in [-0.05, 0) is 23.8 Å². The third kappa shape index (κ3) is 4.54. The van der Waals surface area contributed by atoms with Crippen molar-refractivity contribution in [2.24, 2.45) is 0 Å². The summed E-state index contributed by atoms with van der Waals surface area (Å²) in [5.41, 5.74) is 2.20. The van der Waals surface area contributed by atoms with Crippen LogP contribution in [0, 0.1) is 5.82 Å². The Bertz CT molecular complexity index is 983. The molecule has 0 saturated carbocycles. The zero-order valence-corrected chi connectivity index (χ0v) is 16.6. The average molecular weight is 408 g/mol. The maximum Gasteiger partial charge on any atom is 0.323 e. The van der Waals surface area contributed by atoms with Gasteiger partial charge in [0.25, 0.3) is 0 Å². The van der Waals surface area contributed by atoms with E-state index in [-0.39, 0.29) is 17.1 Å². The van der Waals surface area contributed by atoms with Crippen LogP contribution in [0.5, 0.6) is 5.75 Å². The summed E-state index contributed by atoms with van der Waals surface area (Å²) in [6.07, 6.45) is 0. The molecule has 2 amide bonds. The molecule has 0 aliphatic carbocycles. The SMILES string of the molecule is O=C(Nc1ccccc1F)N1CCSC1c1ccccc1OCc1ccccc1. The molecule has 1 atom stereocenters. The van der Waals surface area contributed by atoms with E-state index in [9.17, 15) is 9.18 Å². The number of thioether (sulfide) groups is 1. The summed E-state index contributed by atoms with van der Waals surface area (Å²) in [5.74, 6) is 1.11. The molecule has 0 spiro atoms. The lowest BCUT2D eigenvalue weighted by Crippen LogP contribution is -2.34. The number of rotatable bonds is 5. The molecule has 1 N–H and O–H groups in total. The Morgan fingerprint density at radius 3 is 2.59 bits per heavy atom. The molecule has 6 heteroatoms. The Hall–Kier alpha value is -2.99. The van der Waals surface area contributed by atoms with E-state index in [1.54, 1.807) is 34.9 Å². The topological polar surface area (TPSA) is 41.6 Å². The van der Waals surface area contributed by atoms with Crippen LogP contribution >= 0.6 is 11.8 Å². The Morgan fingerprint density at radius 1 is 1.03 bits per heavy atom. The first-order valence-corrected chi connectivity index (χ1v) is 10.5. The van der Waals surface area contributed by atoms with Gasteiger partial charge in [-0.3, -0.25) is 0 Å². The number of anilines is 1. The molecule has 1 aliphatic heterocycles. The molecule has 1 unspecified atom stereocenters. The van der Waals surface area contributed by atoms with Crippen LogP contribution in [0.4, 0.5) is 14.9 Å². The molecule has 1 saturated heterocycles. The molecule has 3 aromatic rings. The summed E-state index contributed by atoms with van der Waals surface area (Å²) < 4.78 is 20.0. The quantitative estimate of drug-likeness (QED) is 0.590. The van der Waals surface area contributed by atoms with Crippen LogP contribution in [0.15, 0.2) is 78.9 Å². The zero-order valence-electron chi connectivity index (χ0n) is 15.8. The van der Waals surface area contributed by atoms with Crippen LogP contribution in [0.25, 0.3) is 0 Å². The van der Waals surface area contributed by atoms with Crippen LogP contribution in [-0.4, -0.2) is 23.2 Å². The molecule has 1 aliphatic rings. The fourth-order valence-corrected chi connectivity index (χ4v) is 4.52. The number of nitrogens with zero attached hydrogens (tertiary/aromatic N) is 1. The molecule has 1 fully saturated rings. The molecule has 0 radical (unpaired) electrons. The van der Waals surface area contributed by atoms with E-state index in [1.807, 2.05) is 54.6 Å². The molecule has 4 nitrogen and oxygen atoms in total. The van der Waals surface area contributed by atoms with Gasteiger partial charge in [-0.15, -0.1) is 11.8 Å². The van der Waals surface area contributed by atoms with E-state index < -0.39 is 5.82 Å². The number of benzene rings is 3. The molecule has 3 aromatic carbocycles. The van der Waals surface area contributed by atoms with E-state index in [2.05, 4.69) is 5.32 Å². The van der Waals surface area contributed by atoms with Crippen molar-refractivity contribution in [1.82, 2.24) is 4.90 Å². The number of amides is 2. The number of hydrogen-bond donors (Lipinski definition) is 1. The first kappa shape index (κ1) is 19.3. The monoisotopic (exact) mass is 408 g/mol. The number of halogens is 1. The Balaban J connectivity index is 1.51. The standard InChI is InChI=1S/C23H21FN2O2S/c24-19-11-5-6-12-20(19)25-23(27)26-14-15-29-22(26)18-10-4-7-13-21(18)28-16-17-8-2-1-3-9-17/h1-13,22H,14-16H2,(H,25,27). The number of urea groups is 1. The molecule has 1 heterocycles. The van der Waals surface area contributed by atoms with E-state index >= 15 is 0 Å². The maximum atomic E-state index is 13.9. The largest absolute Gasteiger partial charge is 0.489 e. The number of hydrogen-bond acceptors (Lipinski definition) is 3. The van der Waals surface area contributed by atoms with Crippen molar-refractivity contribution in [3.63, 3.8) is 0 Å². The third-order valence-corrected chi connectivity index (χ3v) is 5.93. The van der Waals surface area contributed by atoms with Crippen LogP contribution in [0.1, 0.15) is 16.5 Å². The van der Waals surface area contributed by atoms with Crippen LogP contribution in [0.3, 0.4) is 0 Å². The van der Waals surface area contributed by atoms with Crippen LogP contribution in [-0.2, 0) is 6.61 Å². The highest BCUT2D eigenvalue weighted by atomic mass is 32.2. The predicted molar refractivity (Wildman–Crippen MR) is 115 cm³/mol. The fourth-order valence-electron chi connectivity index (χ4n) is 3.24. The lowest BCUT2D eigenvalue weighted by Gasteiger charge is -2.26. The summed E-state index contributed by atoms with van der Waals surface area (Å²) in [6.45, 7) is 1.04. The zero-order chi connectivity index (χ0) is 20.1. The minimum atomic E-state index is -0.448. The highest BCUT2D eigenvalue weighted by molar-refractivity contribution is 7.99. The van der Waals surface area contributed by atoms with E-state index in [0.717, 1.165) is 22.6 Å². The molecule has 0 bridgehead atoms. The maximum absolute atomic E-state index is 13.9. The van der Waals surface area contributed by atoms with Crippen LogP contribution in [0.2, 0.25) is 0 Å². The second kappa shape index (κ2) is 9.01. The predicted octanol–water partition coefficient (Wildman–Crippen LogP) is 5.68. The molecule has 29 heavy (non-hydrogen) atoms. The Kier molecular flexibility index (Phi) is 6.00. The summed E-state index contributed by atoms with van der Waals surface area (Å²) >= 11 is 1.67. The van der Waals surface area contributed by atoms with Gasteiger partial charge in [-0.2, -0.15) is 0 Å². The van der Waals surface area contributed by atoms with E-state index in [0.29, 0.717) is 13.2 Å². The molecule has 4 rings (SSSR count). The minimum absolute atomic E-state index is 0.182. The highest BCUT2D eigenvalue weighted by Crippen LogP contribution is 2.42. The number of para-hydroxylation sites is 2. The molecular formula is C23H21FN2O2S. The van der Waals surface area contributed by atoms with Crippen molar-refractivity contribution in [2.45, 2.75) is 12.0 Å². The van der Waals surface area contributed by atoms with Crippen molar-refractivity contribution in [1.29, 1.82) is 0 Å². The van der Waals surface area contributed by atoms with Gasteiger partial charge in [0.2, 0.25) is 0 Å². The van der Waals surface area contributed by atoms with Gasteiger partial charge in [0.1, 0.15) is 23.5 Å². The van der Waals surface area contributed by atoms with Gasteiger partial charge in [-0.1, -0.05) is 60.7 Å². The molecule has 0 aromatic heterocycles. The smallest absolute Gasteiger partial charge is 0.323 e. The summed E-state index contributed by atoms with van der Waals surface area (Å²) in [7, 11) is 0. The highest BCUT2D eigenvalue weighted by Gasteiger charge is 2.32. The van der Waals surface area contributed by atoms with Gasteiger partial charge in [0.05, 0.1) is 5.69 Å². The van der Waals surface area contributed by atoms with Gasteiger partial charge < -0.3 is 15.0 Å². The van der Waals surface area contributed by atoms with Gasteiger partial charge in [0, 0.05) is 17.9 Å². The van der Waals surface area contributed by atoms with Gasteiger partial charge in [0.15, 0.2) is 0 Å². The summed E-state index contributed by atoms with van der Waals surface area (Å²) in [4.78, 5) is 14.6. The second-order valence-electron chi connectivity index (χ2n) is 6.64. The number of carbonyl (C=O) groups is 1. The van der Waals surface area contributed by atoms with Gasteiger partial charge in [-0.25, -0.2) is 9.18 Å². The average Bonchev–Trinajstić information content (AvgIpc) is 3.25. The Morgan fingerprint density at radius 2 is 1.76 bits per heavy atom. The van der Waals surface area contributed by atoms with E-state index in [4.69, 9.17) is 4.74 Å². The summed E-state index contributed by atoms with van der Waals surface area (Å²) in [6, 6.07) is 23.6. The van der Waals surface area contributed by atoms with Crippen molar-refractivity contribution in [3.8, 4) is 5.75 Å². The van der Waals surface area contributed by atoms with Crippen LogP contribution < -0.4 is 10.1 Å².